The average Bonchev–Trinajstić information content (AvgIpc) is 2.53. The van der Waals surface area contributed by atoms with Crippen molar-refractivity contribution in [3.63, 3.8) is 0 Å². The Morgan fingerprint density at radius 1 is 1.12 bits per heavy atom. The Bertz CT molecular complexity index is 891. The fourth-order valence-corrected chi connectivity index (χ4v) is 2.35. The van der Waals surface area contributed by atoms with E-state index in [9.17, 15) is 4.79 Å². The highest BCUT2D eigenvalue weighted by Crippen LogP contribution is 2.24. The van der Waals surface area contributed by atoms with E-state index >= 15 is 0 Å². The van der Waals surface area contributed by atoms with Crippen LogP contribution in [-0.2, 0) is 0 Å². The van der Waals surface area contributed by atoms with Crippen molar-refractivity contribution < 1.29 is 9.53 Å². The minimum absolute atomic E-state index is 0.0908. The minimum Gasteiger partial charge on any atom is -0.439 e. The van der Waals surface area contributed by atoms with Crippen molar-refractivity contribution in [2.24, 2.45) is 0 Å². The minimum atomic E-state index is -0.0908. The predicted molar refractivity (Wildman–Crippen MR) is 95.3 cm³/mol. The van der Waals surface area contributed by atoms with E-state index in [0.29, 0.717) is 22.9 Å². The Morgan fingerprint density at radius 3 is 2.71 bits per heavy atom. The highest BCUT2D eigenvalue weighted by molar-refractivity contribution is 5.98. The quantitative estimate of drug-likeness (QED) is 0.718. The number of aromatic nitrogens is 1. The summed E-state index contributed by atoms with van der Waals surface area (Å²) in [6.07, 6.45) is 0. The average molecular weight is 321 g/mol. The molecule has 1 aromatic heterocycles. The molecule has 0 fully saturated rings. The number of carbonyl (C=O) groups excluding carboxylic acids is 1. The summed E-state index contributed by atoms with van der Waals surface area (Å²) in [6.45, 7) is 3.86. The molecule has 0 spiro atoms. The van der Waals surface area contributed by atoms with Crippen molar-refractivity contribution >= 4 is 22.5 Å². The molecular formula is C19H19N3O2. The molecule has 0 unspecified atom stereocenters. The number of ether oxygens (including phenoxy) is 1. The van der Waals surface area contributed by atoms with Crippen molar-refractivity contribution in [3.8, 4) is 11.6 Å². The molecule has 3 rings (SSSR count). The van der Waals surface area contributed by atoms with Crippen LogP contribution >= 0.6 is 0 Å². The van der Waals surface area contributed by atoms with Crippen molar-refractivity contribution in [2.45, 2.75) is 19.9 Å². The van der Waals surface area contributed by atoms with Crippen molar-refractivity contribution in [3.05, 3.63) is 60.2 Å². The van der Waals surface area contributed by atoms with Crippen LogP contribution in [0.3, 0.4) is 0 Å². The Hall–Kier alpha value is -3.08. The van der Waals surface area contributed by atoms with E-state index < -0.39 is 0 Å². The molecule has 24 heavy (non-hydrogen) atoms. The van der Waals surface area contributed by atoms with Gasteiger partial charge in [-0.05, 0) is 50.2 Å². The van der Waals surface area contributed by atoms with Gasteiger partial charge in [-0.3, -0.25) is 4.79 Å². The lowest BCUT2D eigenvalue weighted by atomic mass is 10.1. The third kappa shape index (κ3) is 3.63. The number of carbonyl (C=O) groups is 1. The number of pyridine rings is 1. The molecule has 3 aromatic rings. The highest BCUT2D eigenvalue weighted by atomic mass is 16.5. The molecule has 1 amide bonds. The monoisotopic (exact) mass is 321 g/mol. The fourth-order valence-electron chi connectivity index (χ4n) is 2.35. The second-order valence-electron chi connectivity index (χ2n) is 5.86. The standard InChI is InChI=1S/C19H19N3O2/c1-12(2)21-19(23)14-6-8-17-13(10-14)7-9-18(22-17)24-16-5-3-4-15(20)11-16/h3-12H,20H2,1-2H3,(H,21,23). The molecule has 0 aliphatic rings. The topological polar surface area (TPSA) is 77.2 Å². The summed E-state index contributed by atoms with van der Waals surface area (Å²) in [6, 6.07) is 16.3. The number of nitrogens with zero attached hydrogens (tertiary/aromatic N) is 1. The summed E-state index contributed by atoms with van der Waals surface area (Å²) < 4.78 is 5.73. The van der Waals surface area contributed by atoms with E-state index in [1.807, 2.05) is 44.2 Å². The Morgan fingerprint density at radius 2 is 1.96 bits per heavy atom. The van der Waals surface area contributed by atoms with E-state index in [2.05, 4.69) is 10.3 Å². The van der Waals surface area contributed by atoms with Gasteiger partial charge in [-0.1, -0.05) is 6.07 Å². The maximum absolute atomic E-state index is 12.1. The first-order chi connectivity index (χ1) is 11.5. The largest absolute Gasteiger partial charge is 0.439 e. The Labute approximate surface area is 140 Å². The number of hydrogen-bond donors (Lipinski definition) is 2. The van der Waals surface area contributed by atoms with Crippen molar-refractivity contribution in [1.82, 2.24) is 10.3 Å². The molecule has 5 nitrogen and oxygen atoms in total. The van der Waals surface area contributed by atoms with Gasteiger partial charge >= 0.3 is 0 Å². The van der Waals surface area contributed by atoms with E-state index in [4.69, 9.17) is 10.5 Å². The lowest BCUT2D eigenvalue weighted by Crippen LogP contribution is -2.29. The SMILES string of the molecule is CC(C)NC(=O)c1ccc2nc(Oc3cccc(N)c3)ccc2c1. The van der Waals surface area contributed by atoms with Crippen LogP contribution in [0.1, 0.15) is 24.2 Å². The van der Waals surface area contributed by atoms with Crippen molar-refractivity contribution in [2.75, 3.05) is 5.73 Å². The molecule has 0 radical (unpaired) electrons. The molecule has 1 heterocycles. The summed E-state index contributed by atoms with van der Waals surface area (Å²) >= 11 is 0. The van der Waals surface area contributed by atoms with Gasteiger partial charge in [-0.25, -0.2) is 4.98 Å². The maximum atomic E-state index is 12.1. The van der Waals surface area contributed by atoms with Crippen molar-refractivity contribution in [1.29, 1.82) is 0 Å². The highest BCUT2D eigenvalue weighted by Gasteiger charge is 2.09. The number of anilines is 1. The van der Waals surface area contributed by atoms with Crippen LogP contribution in [0, 0.1) is 0 Å². The van der Waals surface area contributed by atoms with Gasteiger partial charge in [-0.2, -0.15) is 0 Å². The van der Waals surface area contributed by atoms with Crippen LogP contribution in [0.15, 0.2) is 54.6 Å². The number of nitrogens with two attached hydrogens (primary N) is 1. The van der Waals surface area contributed by atoms with E-state index in [1.165, 1.54) is 0 Å². The number of nitrogens with one attached hydrogen (secondary N) is 1. The zero-order valence-corrected chi connectivity index (χ0v) is 13.6. The number of benzene rings is 2. The molecule has 2 aromatic carbocycles. The van der Waals surface area contributed by atoms with Gasteiger partial charge in [0.2, 0.25) is 5.88 Å². The first kappa shape index (κ1) is 15.8. The van der Waals surface area contributed by atoms with Crippen LogP contribution in [0.25, 0.3) is 10.9 Å². The summed E-state index contributed by atoms with van der Waals surface area (Å²) in [5.41, 5.74) is 7.75. The molecular weight excluding hydrogens is 302 g/mol. The van der Waals surface area contributed by atoms with Gasteiger partial charge in [0.25, 0.3) is 5.91 Å². The van der Waals surface area contributed by atoms with Crippen LogP contribution in [0.2, 0.25) is 0 Å². The van der Waals surface area contributed by atoms with E-state index in [-0.39, 0.29) is 11.9 Å². The normalized spacial score (nSPS) is 10.8. The second-order valence-corrected chi connectivity index (χ2v) is 5.86. The number of amides is 1. The molecule has 0 aliphatic carbocycles. The van der Waals surface area contributed by atoms with Gasteiger partial charge in [0.05, 0.1) is 5.52 Å². The number of fused-ring (bicyclic) bond motifs is 1. The van der Waals surface area contributed by atoms with E-state index in [1.54, 1.807) is 24.3 Å². The summed E-state index contributed by atoms with van der Waals surface area (Å²) in [4.78, 5) is 16.5. The molecule has 0 bridgehead atoms. The molecule has 5 heteroatoms. The first-order valence-electron chi connectivity index (χ1n) is 7.76. The van der Waals surface area contributed by atoms with Gasteiger partial charge in [0, 0.05) is 34.8 Å². The predicted octanol–water partition coefficient (Wildman–Crippen LogP) is 3.75. The van der Waals surface area contributed by atoms with Crippen LogP contribution in [-0.4, -0.2) is 16.9 Å². The zero-order valence-electron chi connectivity index (χ0n) is 13.6. The zero-order chi connectivity index (χ0) is 17.1. The van der Waals surface area contributed by atoms with Crippen LogP contribution < -0.4 is 15.8 Å². The lowest BCUT2D eigenvalue weighted by molar-refractivity contribution is 0.0943. The van der Waals surface area contributed by atoms with Gasteiger partial charge in [0.15, 0.2) is 0 Å². The maximum Gasteiger partial charge on any atom is 0.251 e. The Balaban J connectivity index is 1.85. The number of hydrogen-bond acceptors (Lipinski definition) is 4. The summed E-state index contributed by atoms with van der Waals surface area (Å²) in [7, 11) is 0. The Kier molecular flexibility index (Phi) is 4.33. The van der Waals surface area contributed by atoms with Gasteiger partial charge in [0.1, 0.15) is 5.75 Å². The molecule has 0 saturated carbocycles. The van der Waals surface area contributed by atoms with Gasteiger partial charge < -0.3 is 15.8 Å². The fraction of sp³-hybridized carbons (Fsp3) is 0.158. The smallest absolute Gasteiger partial charge is 0.251 e. The first-order valence-corrected chi connectivity index (χ1v) is 7.76. The van der Waals surface area contributed by atoms with E-state index in [0.717, 1.165) is 10.9 Å². The summed E-state index contributed by atoms with van der Waals surface area (Å²) in [5, 5.41) is 3.76. The molecule has 0 atom stereocenters. The second kappa shape index (κ2) is 6.58. The number of nitrogen functional groups attached to an aromatic ring is 1. The third-order valence-electron chi connectivity index (χ3n) is 3.43. The van der Waals surface area contributed by atoms with Crippen LogP contribution in [0.5, 0.6) is 11.6 Å². The molecule has 3 N–H and O–H groups in total. The number of rotatable bonds is 4. The molecule has 0 aliphatic heterocycles. The molecule has 122 valence electrons. The van der Waals surface area contributed by atoms with Gasteiger partial charge in [-0.15, -0.1) is 0 Å². The summed E-state index contributed by atoms with van der Waals surface area (Å²) in [5.74, 6) is 1.02. The third-order valence-corrected chi connectivity index (χ3v) is 3.43. The van der Waals surface area contributed by atoms with Crippen LogP contribution in [0.4, 0.5) is 5.69 Å². The molecule has 0 saturated heterocycles. The lowest BCUT2D eigenvalue weighted by Gasteiger charge is -2.09.